The minimum atomic E-state index is 0.250. The van der Waals surface area contributed by atoms with Crippen molar-refractivity contribution in [3.8, 4) is 10.6 Å². The van der Waals surface area contributed by atoms with Gasteiger partial charge in [0.2, 0.25) is 5.95 Å². The maximum absolute atomic E-state index is 9.64. The van der Waals surface area contributed by atoms with Crippen LogP contribution in [-0.2, 0) is 0 Å². The lowest BCUT2D eigenvalue weighted by molar-refractivity contribution is 0.226. The fourth-order valence-corrected chi connectivity index (χ4v) is 5.53. The first-order valence-corrected chi connectivity index (χ1v) is 12.3. The molecule has 0 radical (unpaired) electrons. The summed E-state index contributed by atoms with van der Waals surface area (Å²) in [6.07, 6.45) is 5.49. The molecule has 2 heterocycles. The molecule has 0 bridgehead atoms. The van der Waals surface area contributed by atoms with Gasteiger partial charge in [-0.1, -0.05) is 38.8 Å². The summed E-state index contributed by atoms with van der Waals surface area (Å²) in [5, 5.41) is 17.7. The summed E-state index contributed by atoms with van der Waals surface area (Å²) in [4.78, 5) is 14.5. The smallest absolute Gasteiger partial charge is 0.224 e. The SMILES string of the molecule is CCCCCNc1nc(C)c(-c2nc3ccccc3s2)c(N[C@@H]2C[C@H](CO)C[C@H]2C)n1. The third-order valence-corrected chi connectivity index (χ3v) is 7.27. The second kappa shape index (κ2) is 9.92. The lowest BCUT2D eigenvalue weighted by atomic mass is 10.1. The zero-order valence-corrected chi connectivity index (χ0v) is 19.5. The highest BCUT2D eigenvalue weighted by Gasteiger charge is 2.32. The zero-order valence-electron chi connectivity index (χ0n) is 18.7. The van der Waals surface area contributed by atoms with E-state index in [1.54, 1.807) is 11.3 Å². The van der Waals surface area contributed by atoms with Crippen molar-refractivity contribution >= 4 is 33.3 Å². The molecule has 0 aliphatic heterocycles. The zero-order chi connectivity index (χ0) is 21.8. The Morgan fingerprint density at radius 1 is 1.13 bits per heavy atom. The minimum Gasteiger partial charge on any atom is -0.396 e. The molecular formula is C24H33N5OS. The summed E-state index contributed by atoms with van der Waals surface area (Å²) in [6.45, 7) is 7.63. The summed E-state index contributed by atoms with van der Waals surface area (Å²) < 4.78 is 1.17. The number of fused-ring (bicyclic) bond motifs is 1. The predicted molar refractivity (Wildman–Crippen MR) is 130 cm³/mol. The Kier molecular flexibility index (Phi) is 7.02. The molecule has 7 heteroatoms. The van der Waals surface area contributed by atoms with Gasteiger partial charge in [0.25, 0.3) is 0 Å². The van der Waals surface area contributed by atoms with E-state index in [1.165, 1.54) is 17.5 Å². The van der Waals surface area contributed by atoms with Gasteiger partial charge < -0.3 is 15.7 Å². The average Bonchev–Trinajstić information content (AvgIpc) is 3.34. The highest BCUT2D eigenvalue weighted by molar-refractivity contribution is 7.21. The maximum Gasteiger partial charge on any atom is 0.224 e. The summed E-state index contributed by atoms with van der Waals surface area (Å²) in [5.41, 5.74) is 2.92. The van der Waals surface area contributed by atoms with Crippen LogP contribution in [0.15, 0.2) is 24.3 Å². The van der Waals surface area contributed by atoms with Crippen LogP contribution in [0.3, 0.4) is 0 Å². The third-order valence-electron chi connectivity index (χ3n) is 6.22. The van der Waals surface area contributed by atoms with Gasteiger partial charge in [0.1, 0.15) is 10.8 Å². The van der Waals surface area contributed by atoms with E-state index in [2.05, 4.69) is 30.5 Å². The monoisotopic (exact) mass is 439 g/mol. The number of hydrogen-bond donors (Lipinski definition) is 3. The molecule has 31 heavy (non-hydrogen) atoms. The van der Waals surface area contributed by atoms with Crippen molar-refractivity contribution in [2.24, 2.45) is 11.8 Å². The Bertz CT molecular complexity index is 987. The van der Waals surface area contributed by atoms with Crippen molar-refractivity contribution in [1.29, 1.82) is 0 Å². The first-order valence-electron chi connectivity index (χ1n) is 11.4. The normalized spacial score (nSPS) is 21.0. The molecule has 1 aliphatic rings. The topological polar surface area (TPSA) is 83.0 Å². The molecule has 1 aromatic carbocycles. The number of aliphatic hydroxyl groups is 1. The van der Waals surface area contributed by atoms with Crippen LogP contribution in [0.25, 0.3) is 20.8 Å². The minimum absolute atomic E-state index is 0.250. The molecule has 166 valence electrons. The van der Waals surface area contributed by atoms with Crippen LogP contribution in [0, 0.1) is 18.8 Å². The van der Waals surface area contributed by atoms with Crippen molar-refractivity contribution in [2.75, 3.05) is 23.8 Å². The van der Waals surface area contributed by atoms with E-state index in [9.17, 15) is 5.11 Å². The second-order valence-electron chi connectivity index (χ2n) is 8.72. The molecule has 1 aliphatic carbocycles. The number of thiazole rings is 1. The number of para-hydroxylation sites is 1. The van der Waals surface area contributed by atoms with Crippen LogP contribution in [0.2, 0.25) is 0 Å². The van der Waals surface area contributed by atoms with E-state index < -0.39 is 0 Å². The summed E-state index contributed by atoms with van der Waals surface area (Å²) >= 11 is 1.68. The number of rotatable bonds is 9. The van der Waals surface area contributed by atoms with Crippen LogP contribution in [0.4, 0.5) is 11.8 Å². The molecule has 1 saturated carbocycles. The Labute approximate surface area is 188 Å². The Morgan fingerprint density at radius 2 is 1.97 bits per heavy atom. The molecule has 0 spiro atoms. The van der Waals surface area contributed by atoms with Crippen molar-refractivity contribution in [1.82, 2.24) is 15.0 Å². The van der Waals surface area contributed by atoms with Crippen molar-refractivity contribution in [3.05, 3.63) is 30.0 Å². The van der Waals surface area contributed by atoms with Gasteiger partial charge in [-0.15, -0.1) is 11.3 Å². The van der Waals surface area contributed by atoms with Crippen LogP contribution < -0.4 is 10.6 Å². The predicted octanol–water partition coefficient (Wildman–Crippen LogP) is 5.48. The Morgan fingerprint density at radius 3 is 2.71 bits per heavy atom. The molecule has 3 N–H and O–H groups in total. The number of aryl methyl sites for hydroxylation is 1. The first-order chi connectivity index (χ1) is 15.1. The Hall–Kier alpha value is -2.25. The molecule has 4 rings (SSSR count). The standard InChI is InChI=1S/C24H33N5OS/c1-4-5-8-11-25-24-26-16(3)21(23-28-18-9-6-7-10-20(18)31-23)22(29-24)27-19-13-17(14-30)12-15(19)2/h6-7,9-10,15,17,19,30H,4-5,8,11-14H2,1-3H3,(H2,25,26,27,29)/t15-,17-,19-/m1/s1. The third kappa shape index (κ3) is 4.99. The fourth-order valence-electron chi connectivity index (χ4n) is 4.47. The average molecular weight is 440 g/mol. The molecule has 0 amide bonds. The van der Waals surface area contributed by atoms with Crippen LogP contribution in [0.1, 0.15) is 51.6 Å². The first kappa shape index (κ1) is 22.0. The largest absolute Gasteiger partial charge is 0.396 e. The Balaban J connectivity index is 1.68. The number of anilines is 2. The lowest BCUT2D eigenvalue weighted by Gasteiger charge is -2.21. The summed E-state index contributed by atoms with van der Waals surface area (Å²) in [6, 6.07) is 8.51. The summed E-state index contributed by atoms with van der Waals surface area (Å²) in [5.74, 6) is 2.36. The van der Waals surface area contributed by atoms with Gasteiger partial charge in [0, 0.05) is 19.2 Å². The van der Waals surface area contributed by atoms with Crippen molar-refractivity contribution in [3.63, 3.8) is 0 Å². The van der Waals surface area contributed by atoms with E-state index in [0.717, 1.165) is 53.4 Å². The van der Waals surface area contributed by atoms with Gasteiger partial charge in [0.15, 0.2) is 0 Å². The van der Waals surface area contributed by atoms with Gasteiger partial charge in [0.05, 0.1) is 21.5 Å². The highest BCUT2D eigenvalue weighted by Crippen LogP contribution is 2.39. The number of hydrogen-bond acceptors (Lipinski definition) is 7. The summed E-state index contributed by atoms with van der Waals surface area (Å²) in [7, 11) is 0. The molecule has 6 nitrogen and oxygen atoms in total. The maximum atomic E-state index is 9.64. The van der Waals surface area contributed by atoms with Crippen LogP contribution in [0.5, 0.6) is 0 Å². The molecular weight excluding hydrogens is 406 g/mol. The second-order valence-corrected chi connectivity index (χ2v) is 9.76. The van der Waals surface area contributed by atoms with Gasteiger partial charge >= 0.3 is 0 Å². The number of nitrogens with one attached hydrogen (secondary N) is 2. The molecule has 0 unspecified atom stereocenters. The van der Waals surface area contributed by atoms with Crippen LogP contribution >= 0.6 is 11.3 Å². The highest BCUT2D eigenvalue weighted by atomic mass is 32.1. The molecule has 1 fully saturated rings. The van der Waals surface area contributed by atoms with Gasteiger partial charge in [-0.05, 0) is 50.2 Å². The number of unbranched alkanes of at least 4 members (excludes halogenated alkanes) is 2. The number of nitrogens with zero attached hydrogens (tertiary/aromatic N) is 3. The lowest BCUT2D eigenvalue weighted by Crippen LogP contribution is -2.24. The number of aromatic nitrogens is 3. The van der Waals surface area contributed by atoms with Crippen molar-refractivity contribution in [2.45, 2.75) is 58.9 Å². The molecule has 3 aromatic rings. The van der Waals surface area contributed by atoms with E-state index in [0.29, 0.717) is 17.8 Å². The quantitative estimate of drug-likeness (QED) is 0.383. The van der Waals surface area contributed by atoms with Gasteiger partial charge in [-0.2, -0.15) is 4.98 Å². The van der Waals surface area contributed by atoms with Gasteiger partial charge in [-0.25, -0.2) is 9.97 Å². The van der Waals surface area contributed by atoms with E-state index in [-0.39, 0.29) is 12.6 Å². The molecule has 2 aromatic heterocycles. The van der Waals surface area contributed by atoms with Gasteiger partial charge in [-0.3, -0.25) is 0 Å². The number of aliphatic hydroxyl groups excluding tert-OH is 1. The van der Waals surface area contributed by atoms with E-state index in [4.69, 9.17) is 15.0 Å². The van der Waals surface area contributed by atoms with E-state index >= 15 is 0 Å². The number of benzene rings is 1. The van der Waals surface area contributed by atoms with Crippen molar-refractivity contribution < 1.29 is 5.11 Å². The molecule has 0 saturated heterocycles. The molecule has 3 atom stereocenters. The van der Waals surface area contributed by atoms with E-state index in [1.807, 2.05) is 25.1 Å². The fraction of sp³-hybridized carbons (Fsp3) is 0.542. The van der Waals surface area contributed by atoms with Crippen LogP contribution in [-0.4, -0.2) is 39.3 Å².